The number of hydrogen-bond acceptors (Lipinski definition) is 4. The van der Waals surface area contributed by atoms with Crippen molar-refractivity contribution in [3.05, 3.63) is 59.7 Å². The van der Waals surface area contributed by atoms with Gasteiger partial charge in [-0.1, -0.05) is 13.0 Å². The highest BCUT2D eigenvalue weighted by atomic mass is 19.1. The summed E-state index contributed by atoms with van der Waals surface area (Å²) in [6.45, 7) is 8.27. The topological polar surface area (TPSA) is 85.0 Å². The van der Waals surface area contributed by atoms with Crippen LogP contribution in [0.3, 0.4) is 0 Å². The summed E-state index contributed by atoms with van der Waals surface area (Å²) in [4.78, 5) is 42.4. The molecule has 0 spiro atoms. The Bertz CT molecular complexity index is 1120. The zero-order chi connectivity index (χ0) is 27.7. The van der Waals surface area contributed by atoms with E-state index in [0.29, 0.717) is 63.5 Å². The Balaban J connectivity index is 1.53. The second-order valence-corrected chi connectivity index (χ2v) is 9.70. The number of urea groups is 1. The first-order chi connectivity index (χ1) is 18.2. The van der Waals surface area contributed by atoms with E-state index in [0.717, 1.165) is 6.42 Å². The lowest BCUT2D eigenvalue weighted by Gasteiger charge is -2.34. The second-order valence-electron chi connectivity index (χ2n) is 9.70. The van der Waals surface area contributed by atoms with Gasteiger partial charge in [-0.15, -0.1) is 0 Å². The monoisotopic (exact) mass is 529 g/mol. The van der Waals surface area contributed by atoms with Crippen molar-refractivity contribution in [1.82, 2.24) is 15.1 Å². The minimum absolute atomic E-state index is 0.0193. The average Bonchev–Trinajstić information content (AvgIpc) is 2.87. The molecule has 0 bridgehead atoms. The molecule has 2 N–H and O–H groups in total. The molecule has 1 aliphatic rings. The molecule has 0 aromatic heterocycles. The predicted molar refractivity (Wildman–Crippen MR) is 144 cm³/mol. The van der Waals surface area contributed by atoms with Crippen LogP contribution in [0, 0.1) is 11.6 Å². The maximum Gasteiger partial charge on any atom is 0.321 e. The van der Waals surface area contributed by atoms with Crippen LogP contribution in [0.4, 0.5) is 25.0 Å². The van der Waals surface area contributed by atoms with Crippen molar-refractivity contribution in [1.29, 1.82) is 0 Å². The first-order valence-electron chi connectivity index (χ1n) is 13.1. The van der Waals surface area contributed by atoms with E-state index in [9.17, 15) is 18.8 Å². The number of amides is 4. The lowest BCUT2D eigenvalue weighted by atomic mass is 10.2. The van der Waals surface area contributed by atoms with Crippen LogP contribution in [0.5, 0.6) is 0 Å². The summed E-state index contributed by atoms with van der Waals surface area (Å²) >= 11 is 0. The first kappa shape index (κ1) is 28.9. The number of carbonyl (C=O) groups excluding carboxylic acids is 3. The zero-order valence-electron chi connectivity index (χ0n) is 22.3. The number of nitrogens with zero attached hydrogens (tertiary/aromatic N) is 3. The standard InChI is InChI=1S/C28H37F2N5O3/c1-4-12-33(13-6-9-26(36)31-20(2)3)25-11-10-23(19-24(25)30)32-28(38)35-16-14-34(15-17-35)27(37)21-7-5-8-22(29)18-21/h5,7-8,10-11,18-20H,4,6,9,12-17H2,1-3H3,(H,31,36)(H,32,38). The van der Waals surface area contributed by atoms with Crippen molar-refractivity contribution in [3.8, 4) is 0 Å². The van der Waals surface area contributed by atoms with Crippen LogP contribution in [0.25, 0.3) is 0 Å². The van der Waals surface area contributed by atoms with E-state index in [1.807, 2.05) is 25.7 Å². The molecule has 0 radical (unpaired) electrons. The maximum atomic E-state index is 15.0. The number of hydrogen-bond donors (Lipinski definition) is 2. The number of anilines is 2. The number of piperazine rings is 1. The number of benzene rings is 2. The molecule has 1 saturated heterocycles. The van der Waals surface area contributed by atoms with E-state index in [1.54, 1.807) is 28.0 Å². The van der Waals surface area contributed by atoms with Gasteiger partial charge < -0.3 is 25.3 Å². The van der Waals surface area contributed by atoms with Gasteiger partial charge in [-0.25, -0.2) is 13.6 Å². The van der Waals surface area contributed by atoms with E-state index in [4.69, 9.17) is 0 Å². The fourth-order valence-corrected chi connectivity index (χ4v) is 4.41. The summed E-state index contributed by atoms with van der Waals surface area (Å²) in [5.74, 6) is -1.22. The highest BCUT2D eigenvalue weighted by molar-refractivity contribution is 5.94. The Morgan fingerprint density at radius 1 is 0.974 bits per heavy atom. The van der Waals surface area contributed by atoms with E-state index in [-0.39, 0.29) is 29.5 Å². The van der Waals surface area contributed by atoms with Gasteiger partial charge in [0.15, 0.2) is 0 Å². The lowest BCUT2D eigenvalue weighted by molar-refractivity contribution is -0.121. The molecular formula is C28H37F2N5O3. The molecule has 2 aromatic rings. The van der Waals surface area contributed by atoms with E-state index in [1.165, 1.54) is 24.3 Å². The molecule has 38 heavy (non-hydrogen) atoms. The lowest BCUT2D eigenvalue weighted by Crippen LogP contribution is -2.51. The maximum absolute atomic E-state index is 15.0. The van der Waals surface area contributed by atoms with Crippen molar-refractivity contribution >= 4 is 29.2 Å². The third kappa shape index (κ3) is 8.16. The van der Waals surface area contributed by atoms with E-state index < -0.39 is 11.6 Å². The SMILES string of the molecule is CCCN(CCCC(=O)NC(C)C)c1ccc(NC(=O)N2CCN(C(=O)c3cccc(F)c3)CC2)cc1F. The third-order valence-electron chi connectivity index (χ3n) is 6.24. The molecular weight excluding hydrogens is 492 g/mol. The Kier molecular flexibility index (Phi) is 10.4. The van der Waals surface area contributed by atoms with Crippen molar-refractivity contribution in [2.45, 2.75) is 46.1 Å². The summed E-state index contributed by atoms with van der Waals surface area (Å²) in [7, 11) is 0. The molecule has 4 amide bonds. The normalized spacial score (nSPS) is 13.4. The Morgan fingerprint density at radius 3 is 2.32 bits per heavy atom. The highest BCUT2D eigenvalue weighted by Crippen LogP contribution is 2.24. The van der Waals surface area contributed by atoms with Crippen molar-refractivity contribution in [3.63, 3.8) is 0 Å². The van der Waals surface area contributed by atoms with Crippen molar-refractivity contribution in [2.24, 2.45) is 0 Å². The third-order valence-corrected chi connectivity index (χ3v) is 6.24. The quantitative estimate of drug-likeness (QED) is 0.476. The van der Waals surface area contributed by atoms with Crippen LogP contribution in [-0.4, -0.2) is 73.0 Å². The van der Waals surface area contributed by atoms with Gasteiger partial charge in [0.25, 0.3) is 5.91 Å². The fraction of sp³-hybridized carbons (Fsp3) is 0.464. The van der Waals surface area contributed by atoms with Gasteiger partial charge in [-0.3, -0.25) is 9.59 Å². The number of rotatable bonds is 10. The second kappa shape index (κ2) is 13.7. The number of halogens is 2. The van der Waals surface area contributed by atoms with Crippen molar-refractivity contribution < 1.29 is 23.2 Å². The summed E-state index contributed by atoms with van der Waals surface area (Å²) < 4.78 is 28.5. The molecule has 0 aliphatic carbocycles. The van der Waals surface area contributed by atoms with Gasteiger partial charge in [-0.2, -0.15) is 0 Å². The van der Waals surface area contributed by atoms with Crippen molar-refractivity contribution in [2.75, 3.05) is 49.5 Å². The van der Waals surface area contributed by atoms with E-state index >= 15 is 4.39 Å². The molecule has 2 aromatic carbocycles. The molecule has 1 aliphatic heterocycles. The molecule has 0 atom stereocenters. The van der Waals surface area contributed by atoms with Gasteiger partial charge in [0.05, 0.1) is 5.69 Å². The summed E-state index contributed by atoms with van der Waals surface area (Å²) in [5.41, 5.74) is 1.04. The zero-order valence-corrected chi connectivity index (χ0v) is 22.3. The summed E-state index contributed by atoms with van der Waals surface area (Å²) in [6.07, 6.45) is 1.79. The molecule has 10 heteroatoms. The largest absolute Gasteiger partial charge is 0.369 e. The van der Waals surface area contributed by atoms with Gasteiger partial charge in [0.1, 0.15) is 11.6 Å². The van der Waals surface area contributed by atoms with Crippen LogP contribution < -0.4 is 15.5 Å². The van der Waals surface area contributed by atoms with Crippen LogP contribution in [0.1, 0.15) is 50.4 Å². The molecule has 0 unspecified atom stereocenters. The Labute approximate surface area is 223 Å². The molecule has 1 heterocycles. The summed E-state index contributed by atoms with van der Waals surface area (Å²) in [6, 6.07) is 9.84. The highest BCUT2D eigenvalue weighted by Gasteiger charge is 2.25. The number of nitrogens with one attached hydrogen (secondary N) is 2. The fourth-order valence-electron chi connectivity index (χ4n) is 4.41. The molecule has 1 fully saturated rings. The smallest absolute Gasteiger partial charge is 0.321 e. The molecule has 3 rings (SSSR count). The van der Waals surface area contributed by atoms with Gasteiger partial charge >= 0.3 is 6.03 Å². The van der Waals surface area contributed by atoms with Gasteiger partial charge in [0.2, 0.25) is 5.91 Å². The molecule has 206 valence electrons. The average molecular weight is 530 g/mol. The molecule has 8 nitrogen and oxygen atoms in total. The van der Waals surface area contributed by atoms with Crippen LogP contribution >= 0.6 is 0 Å². The Hall–Kier alpha value is -3.69. The first-order valence-corrected chi connectivity index (χ1v) is 13.1. The number of carbonyl (C=O) groups is 3. The Morgan fingerprint density at radius 2 is 1.68 bits per heavy atom. The van der Waals surface area contributed by atoms with Crippen LogP contribution in [0.15, 0.2) is 42.5 Å². The minimum Gasteiger partial charge on any atom is -0.369 e. The van der Waals surface area contributed by atoms with Crippen LogP contribution in [0.2, 0.25) is 0 Å². The van der Waals surface area contributed by atoms with Gasteiger partial charge in [0, 0.05) is 63.0 Å². The summed E-state index contributed by atoms with van der Waals surface area (Å²) in [5, 5.41) is 5.59. The minimum atomic E-state index is -0.473. The predicted octanol–water partition coefficient (Wildman–Crippen LogP) is 4.48. The van der Waals surface area contributed by atoms with Gasteiger partial charge in [-0.05, 0) is 63.1 Å². The molecule has 0 saturated carbocycles. The van der Waals surface area contributed by atoms with E-state index in [2.05, 4.69) is 10.6 Å². The van der Waals surface area contributed by atoms with Crippen LogP contribution in [-0.2, 0) is 4.79 Å².